The standard InChI is InChI=1S/C17H30O2/c1-5-7-8-9-10-11-12-13-14-16(4)19-17(18)15(3)6-2/h6H,4-5,7-14H2,1-3H3/b15-6+. The average molecular weight is 266 g/mol. The minimum Gasteiger partial charge on any atom is -0.428 e. The van der Waals surface area contributed by atoms with E-state index in [2.05, 4.69) is 13.5 Å². The van der Waals surface area contributed by atoms with Crippen molar-refractivity contribution in [3.05, 3.63) is 24.0 Å². The van der Waals surface area contributed by atoms with E-state index in [4.69, 9.17) is 4.74 Å². The summed E-state index contributed by atoms with van der Waals surface area (Å²) < 4.78 is 5.16. The first-order valence-corrected chi connectivity index (χ1v) is 7.64. The molecule has 110 valence electrons. The summed E-state index contributed by atoms with van der Waals surface area (Å²) >= 11 is 0. The van der Waals surface area contributed by atoms with Gasteiger partial charge in [-0.15, -0.1) is 0 Å². The highest BCUT2D eigenvalue weighted by molar-refractivity contribution is 5.88. The summed E-state index contributed by atoms with van der Waals surface area (Å²) in [6, 6.07) is 0. The molecular formula is C17H30O2. The molecule has 0 rings (SSSR count). The Morgan fingerprint density at radius 2 is 1.58 bits per heavy atom. The number of carbonyl (C=O) groups is 1. The number of esters is 1. The molecule has 0 spiro atoms. The van der Waals surface area contributed by atoms with Gasteiger partial charge in [-0.05, 0) is 20.3 Å². The highest BCUT2D eigenvalue weighted by Gasteiger charge is 2.06. The van der Waals surface area contributed by atoms with E-state index >= 15 is 0 Å². The number of unbranched alkanes of at least 4 members (excludes halogenated alkanes) is 7. The fourth-order valence-corrected chi connectivity index (χ4v) is 1.84. The van der Waals surface area contributed by atoms with Crippen LogP contribution in [0.1, 0.15) is 78.6 Å². The number of hydrogen-bond acceptors (Lipinski definition) is 2. The van der Waals surface area contributed by atoms with E-state index in [0.717, 1.165) is 12.8 Å². The smallest absolute Gasteiger partial charge is 0.338 e. The molecule has 0 atom stereocenters. The van der Waals surface area contributed by atoms with Gasteiger partial charge >= 0.3 is 5.97 Å². The summed E-state index contributed by atoms with van der Waals surface area (Å²) in [7, 11) is 0. The average Bonchev–Trinajstić information content (AvgIpc) is 2.40. The lowest BCUT2D eigenvalue weighted by molar-refractivity contribution is -0.135. The molecule has 0 aliphatic carbocycles. The molecule has 2 heteroatoms. The minimum atomic E-state index is -0.271. The maximum atomic E-state index is 11.5. The van der Waals surface area contributed by atoms with Crippen LogP contribution in [0.25, 0.3) is 0 Å². The van der Waals surface area contributed by atoms with Crippen molar-refractivity contribution in [2.75, 3.05) is 0 Å². The van der Waals surface area contributed by atoms with E-state index < -0.39 is 0 Å². The molecule has 0 aromatic rings. The number of ether oxygens (including phenoxy) is 1. The fourth-order valence-electron chi connectivity index (χ4n) is 1.84. The van der Waals surface area contributed by atoms with E-state index in [1.165, 1.54) is 44.9 Å². The van der Waals surface area contributed by atoms with Gasteiger partial charge in [-0.2, -0.15) is 0 Å². The fraction of sp³-hybridized carbons (Fsp3) is 0.706. The van der Waals surface area contributed by atoms with Gasteiger partial charge in [0.15, 0.2) is 0 Å². The van der Waals surface area contributed by atoms with Crippen molar-refractivity contribution < 1.29 is 9.53 Å². The number of carbonyl (C=O) groups excluding carboxylic acids is 1. The lowest BCUT2D eigenvalue weighted by Gasteiger charge is -2.07. The number of rotatable bonds is 11. The summed E-state index contributed by atoms with van der Waals surface area (Å²) in [5, 5.41) is 0. The highest BCUT2D eigenvalue weighted by atomic mass is 16.5. The van der Waals surface area contributed by atoms with Gasteiger partial charge in [-0.25, -0.2) is 4.79 Å². The van der Waals surface area contributed by atoms with Crippen LogP contribution in [0.2, 0.25) is 0 Å². The third-order valence-electron chi connectivity index (χ3n) is 3.30. The van der Waals surface area contributed by atoms with Crippen LogP contribution in [-0.4, -0.2) is 5.97 Å². The maximum absolute atomic E-state index is 11.5. The highest BCUT2D eigenvalue weighted by Crippen LogP contribution is 2.13. The zero-order valence-corrected chi connectivity index (χ0v) is 13.0. The molecule has 0 radical (unpaired) electrons. The van der Waals surface area contributed by atoms with Gasteiger partial charge in [0, 0.05) is 12.0 Å². The summed E-state index contributed by atoms with van der Waals surface area (Å²) in [5.41, 5.74) is 0.636. The van der Waals surface area contributed by atoms with Crippen LogP contribution in [0.5, 0.6) is 0 Å². The molecule has 0 saturated heterocycles. The zero-order chi connectivity index (χ0) is 14.5. The lowest BCUT2D eigenvalue weighted by Crippen LogP contribution is -2.04. The van der Waals surface area contributed by atoms with Crippen LogP contribution in [0.3, 0.4) is 0 Å². The lowest BCUT2D eigenvalue weighted by atomic mass is 10.1. The van der Waals surface area contributed by atoms with Gasteiger partial charge in [0.1, 0.15) is 5.76 Å². The molecule has 0 aromatic heterocycles. The van der Waals surface area contributed by atoms with Crippen LogP contribution in [0.4, 0.5) is 0 Å². The van der Waals surface area contributed by atoms with E-state index in [9.17, 15) is 4.79 Å². The molecule has 2 nitrogen and oxygen atoms in total. The summed E-state index contributed by atoms with van der Waals surface area (Å²) in [5.74, 6) is 0.323. The Labute approximate surface area is 118 Å². The van der Waals surface area contributed by atoms with Gasteiger partial charge < -0.3 is 4.74 Å². The van der Waals surface area contributed by atoms with Crippen molar-refractivity contribution in [3.63, 3.8) is 0 Å². The summed E-state index contributed by atoms with van der Waals surface area (Å²) in [4.78, 5) is 11.5. The predicted molar refractivity (Wildman–Crippen MR) is 81.9 cm³/mol. The van der Waals surface area contributed by atoms with Crippen LogP contribution < -0.4 is 0 Å². The second kappa shape index (κ2) is 12.0. The minimum absolute atomic E-state index is 0.271. The molecule has 0 heterocycles. The Hall–Kier alpha value is -1.05. The van der Waals surface area contributed by atoms with Crippen molar-refractivity contribution in [1.82, 2.24) is 0 Å². The summed E-state index contributed by atoms with van der Waals surface area (Å²) in [6.45, 7) is 9.62. The molecule has 0 amide bonds. The van der Waals surface area contributed by atoms with Crippen molar-refractivity contribution >= 4 is 5.97 Å². The number of allylic oxidation sites excluding steroid dienone is 2. The Morgan fingerprint density at radius 3 is 2.11 bits per heavy atom. The molecule has 0 fully saturated rings. The Morgan fingerprint density at radius 1 is 1.05 bits per heavy atom. The van der Waals surface area contributed by atoms with Crippen molar-refractivity contribution in [1.29, 1.82) is 0 Å². The number of hydrogen-bond donors (Lipinski definition) is 0. The van der Waals surface area contributed by atoms with E-state index in [0.29, 0.717) is 11.3 Å². The van der Waals surface area contributed by atoms with E-state index in [1.54, 1.807) is 13.0 Å². The Balaban J connectivity index is 3.46. The van der Waals surface area contributed by atoms with Crippen molar-refractivity contribution in [3.8, 4) is 0 Å². The third kappa shape index (κ3) is 10.5. The molecule has 19 heavy (non-hydrogen) atoms. The molecule has 0 aliphatic rings. The second-order valence-corrected chi connectivity index (χ2v) is 5.12. The quantitative estimate of drug-likeness (QED) is 0.212. The zero-order valence-electron chi connectivity index (χ0n) is 13.0. The van der Waals surface area contributed by atoms with Crippen LogP contribution >= 0.6 is 0 Å². The summed E-state index contributed by atoms with van der Waals surface area (Å²) in [6.07, 6.45) is 12.8. The van der Waals surface area contributed by atoms with Crippen LogP contribution in [0.15, 0.2) is 24.0 Å². The molecule has 0 aromatic carbocycles. The maximum Gasteiger partial charge on any atom is 0.338 e. The SMILES string of the molecule is C=C(CCCCCCCCCC)OC(=O)/C(C)=C/C. The van der Waals surface area contributed by atoms with Gasteiger partial charge in [-0.1, -0.05) is 64.5 Å². The molecular weight excluding hydrogens is 236 g/mol. The van der Waals surface area contributed by atoms with E-state index in [1.807, 2.05) is 6.92 Å². The third-order valence-corrected chi connectivity index (χ3v) is 3.30. The van der Waals surface area contributed by atoms with Gasteiger partial charge in [0.05, 0.1) is 0 Å². The van der Waals surface area contributed by atoms with Crippen molar-refractivity contribution in [2.24, 2.45) is 0 Å². The first-order chi connectivity index (χ1) is 9.11. The first kappa shape index (κ1) is 17.9. The molecule has 0 bridgehead atoms. The normalized spacial score (nSPS) is 11.4. The van der Waals surface area contributed by atoms with Gasteiger partial charge in [0.25, 0.3) is 0 Å². The van der Waals surface area contributed by atoms with Crippen LogP contribution in [0, 0.1) is 0 Å². The topological polar surface area (TPSA) is 26.3 Å². The molecule has 0 aliphatic heterocycles. The second-order valence-electron chi connectivity index (χ2n) is 5.12. The van der Waals surface area contributed by atoms with Gasteiger partial charge in [0.2, 0.25) is 0 Å². The monoisotopic (exact) mass is 266 g/mol. The van der Waals surface area contributed by atoms with Crippen molar-refractivity contribution in [2.45, 2.75) is 78.6 Å². The largest absolute Gasteiger partial charge is 0.428 e. The van der Waals surface area contributed by atoms with Crippen LogP contribution in [-0.2, 0) is 9.53 Å². The molecule has 0 unspecified atom stereocenters. The molecule has 0 N–H and O–H groups in total. The Bertz CT molecular complexity index is 290. The van der Waals surface area contributed by atoms with Gasteiger partial charge in [-0.3, -0.25) is 0 Å². The first-order valence-electron chi connectivity index (χ1n) is 7.64. The molecule has 0 saturated carbocycles. The predicted octanol–water partition coefficient (Wildman–Crippen LogP) is 5.54. The van der Waals surface area contributed by atoms with E-state index in [-0.39, 0.29) is 5.97 Å². The Kier molecular flexibility index (Phi) is 11.3.